The average Bonchev–Trinajstić information content (AvgIpc) is 2.89. The van der Waals surface area contributed by atoms with E-state index in [9.17, 15) is 9.90 Å². The van der Waals surface area contributed by atoms with Gasteiger partial charge < -0.3 is 5.11 Å². The van der Waals surface area contributed by atoms with Crippen molar-refractivity contribution in [2.75, 3.05) is 13.1 Å². The molecule has 21 heavy (non-hydrogen) atoms. The lowest BCUT2D eigenvalue weighted by atomic mass is 9.75. The topological polar surface area (TPSA) is 58.4 Å². The zero-order valence-corrected chi connectivity index (χ0v) is 13.2. The molecule has 0 spiro atoms. The largest absolute Gasteiger partial charge is 0.481 e. The molecule has 1 N–H and O–H groups in total. The standard InChI is InChI=1S/C16H27N3O2/c1-3-5-16(15(20)21)6-9-18(10-7-16)12-14-11-17-19(13-14)8-4-2/h11,13H,3-10,12H2,1-2H3,(H,20,21). The van der Waals surface area contributed by atoms with Gasteiger partial charge in [-0.2, -0.15) is 5.10 Å². The summed E-state index contributed by atoms with van der Waals surface area (Å²) in [7, 11) is 0. The van der Waals surface area contributed by atoms with Crippen LogP contribution < -0.4 is 0 Å². The molecule has 2 rings (SSSR count). The summed E-state index contributed by atoms with van der Waals surface area (Å²) in [6.07, 6.45) is 8.39. The molecule has 0 amide bonds. The number of hydrogen-bond donors (Lipinski definition) is 1. The van der Waals surface area contributed by atoms with Gasteiger partial charge in [-0.3, -0.25) is 14.4 Å². The van der Waals surface area contributed by atoms with E-state index in [1.807, 2.05) is 10.9 Å². The van der Waals surface area contributed by atoms with Gasteiger partial charge in [0, 0.05) is 24.8 Å². The minimum absolute atomic E-state index is 0.488. The molecule has 0 unspecified atom stereocenters. The number of carboxylic acids is 1. The van der Waals surface area contributed by atoms with Crippen LogP contribution in [0.15, 0.2) is 12.4 Å². The number of aryl methyl sites for hydroxylation is 1. The Morgan fingerprint density at radius 2 is 2.05 bits per heavy atom. The monoisotopic (exact) mass is 293 g/mol. The first kappa shape index (κ1) is 16.0. The van der Waals surface area contributed by atoms with E-state index in [2.05, 4.69) is 30.0 Å². The van der Waals surface area contributed by atoms with E-state index in [0.29, 0.717) is 0 Å². The molecule has 0 radical (unpaired) electrons. The normalized spacial score (nSPS) is 18.8. The molecule has 2 heterocycles. The van der Waals surface area contributed by atoms with E-state index in [-0.39, 0.29) is 0 Å². The predicted octanol–water partition coefficient (Wildman–Crippen LogP) is 2.76. The number of piperidine rings is 1. The third kappa shape index (κ3) is 3.84. The lowest BCUT2D eigenvalue weighted by molar-refractivity contribution is -0.152. The number of carbonyl (C=O) groups is 1. The molecule has 5 nitrogen and oxygen atoms in total. The lowest BCUT2D eigenvalue weighted by Gasteiger charge is -2.38. The van der Waals surface area contributed by atoms with Crippen LogP contribution in [0.4, 0.5) is 0 Å². The highest BCUT2D eigenvalue weighted by molar-refractivity contribution is 5.74. The van der Waals surface area contributed by atoms with Crippen molar-refractivity contribution in [2.24, 2.45) is 5.41 Å². The Hall–Kier alpha value is -1.36. The van der Waals surface area contributed by atoms with E-state index >= 15 is 0 Å². The number of aromatic nitrogens is 2. The molecule has 1 aromatic rings. The van der Waals surface area contributed by atoms with Gasteiger partial charge in [0.15, 0.2) is 0 Å². The van der Waals surface area contributed by atoms with Crippen molar-refractivity contribution in [3.63, 3.8) is 0 Å². The van der Waals surface area contributed by atoms with Gasteiger partial charge in [0.1, 0.15) is 0 Å². The van der Waals surface area contributed by atoms with Crippen LogP contribution in [-0.4, -0.2) is 38.8 Å². The maximum Gasteiger partial charge on any atom is 0.309 e. The smallest absolute Gasteiger partial charge is 0.309 e. The fraction of sp³-hybridized carbons (Fsp3) is 0.750. The van der Waals surface area contributed by atoms with Gasteiger partial charge in [-0.05, 0) is 38.8 Å². The summed E-state index contributed by atoms with van der Waals surface area (Å²) < 4.78 is 1.98. The van der Waals surface area contributed by atoms with Crippen LogP contribution in [0.1, 0.15) is 51.5 Å². The summed E-state index contributed by atoms with van der Waals surface area (Å²) in [4.78, 5) is 13.9. The molecular weight excluding hydrogens is 266 g/mol. The average molecular weight is 293 g/mol. The van der Waals surface area contributed by atoms with Crippen molar-refractivity contribution < 1.29 is 9.90 Å². The van der Waals surface area contributed by atoms with Crippen molar-refractivity contribution in [2.45, 2.75) is 59.0 Å². The van der Waals surface area contributed by atoms with E-state index in [1.54, 1.807) is 0 Å². The molecule has 118 valence electrons. The van der Waals surface area contributed by atoms with Crippen molar-refractivity contribution in [3.8, 4) is 0 Å². The third-order valence-electron chi connectivity index (χ3n) is 4.54. The molecule has 0 bridgehead atoms. The van der Waals surface area contributed by atoms with Crippen molar-refractivity contribution >= 4 is 5.97 Å². The molecule has 0 aliphatic carbocycles. The molecular formula is C16H27N3O2. The molecule has 1 aliphatic heterocycles. The van der Waals surface area contributed by atoms with Crippen LogP contribution >= 0.6 is 0 Å². The van der Waals surface area contributed by atoms with Crippen LogP contribution in [0.2, 0.25) is 0 Å². The van der Waals surface area contributed by atoms with Gasteiger partial charge in [-0.25, -0.2) is 0 Å². The van der Waals surface area contributed by atoms with E-state index in [0.717, 1.165) is 58.3 Å². The van der Waals surface area contributed by atoms with Crippen LogP contribution in [0.5, 0.6) is 0 Å². The Morgan fingerprint density at radius 1 is 1.33 bits per heavy atom. The van der Waals surface area contributed by atoms with Crippen molar-refractivity contribution in [1.82, 2.24) is 14.7 Å². The SMILES string of the molecule is CCCn1cc(CN2CCC(CCC)(C(=O)O)CC2)cn1. The maximum absolute atomic E-state index is 11.6. The zero-order chi connectivity index (χ0) is 15.3. The van der Waals surface area contributed by atoms with Crippen molar-refractivity contribution in [1.29, 1.82) is 0 Å². The second-order valence-electron chi connectivity index (χ2n) is 6.22. The van der Waals surface area contributed by atoms with Gasteiger partial charge >= 0.3 is 5.97 Å². The van der Waals surface area contributed by atoms with Gasteiger partial charge in [-0.15, -0.1) is 0 Å². The minimum atomic E-state index is -0.611. The highest BCUT2D eigenvalue weighted by Crippen LogP contribution is 2.36. The second kappa shape index (κ2) is 7.07. The third-order valence-corrected chi connectivity index (χ3v) is 4.54. The molecule has 1 saturated heterocycles. The maximum atomic E-state index is 11.6. The Labute approximate surface area is 126 Å². The van der Waals surface area contributed by atoms with Crippen LogP contribution in [0, 0.1) is 5.41 Å². The van der Waals surface area contributed by atoms with Crippen molar-refractivity contribution in [3.05, 3.63) is 18.0 Å². The molecule has 0 atom stereocenters. The Bertz CT molecular complexity index is 462. The van der Waals surface area contributed by atoms with Gasteiger partial charge in [0.25, 0.3) is 0 Å². The predicted molar refractivity (Wildman–Crippen MR) is 82.0 cm³/mol. The fourth-order valence-corrected chi connectivity index (χ4v) is 3.29. The first-order chi connectivity index (χ1) is 10.1. The van der Waals surface area contributed by atoms with E-state index in [1.165, 1.54) is 5.56 Å². The molecule has 1 aromatic heterocycles. The number of carboxylic acid groups (broad SMARTS) is 1. The van der Waals surface area contributed by atoms with E-state index in [4.69, 9.17) is 0 Å². The Kier molecular flexibility index (Phi) is 5.39. The first-order valence-electron chi connectivity index (χ1n) is 8.06. The number of nitrogens with zero attached hydrogens (tertiary/aromatic N) is 3. The zero-order valence-electron chi connectivity index (χ0n) is 13.2. The summed E-state index contributed by atoms with van der Waals surface area (Å²) in [5, 5.41) is 13.9. The van der Waals surface area contributed by atoms with E-state index < -0.39 is 11.4 Å². The van der Waals surface area contributed by atoms with Gasteiger partial charge in [-0.1, -0.05) is 20.3 Å². The number of hydrogen-bond acceptors (Lipinski definition) is 3. The second-order valence-corrected chi connectivity index (χ2v) is 6.22. The summed E-state index contributed by atoms with van der Waals surface area (Å²) in [6.45, 7) is 7.78. The molecule has 1 aliphatic rings. The highest BCUT2D eigenvalue weighted by Gasteiger charge is 2.40. The number of aliphatic carboxylic acids is 1. The van der Waals surface area contributed by atoms with Gasteiger partial charge in [0.2, 0.25) is 0 Å². The molecule has 5 heteroatoms. The number of rotatable bonds is 7. The summed E-state index contributed by atoms with van der Waals surface area (Å²) in [6, 6.07) is 0. The first-order valence-corrected chi connectivity index (χ1v) is 8.06. The summed E-state index contributed by atoms with van der Waals surface area (Å²) >= 11 is 0. The number of likely N-dealkylation sites (tertiary alicyclic amines) is 1. The molecule has 0 aromatic carbocycles. The Balaban J connectivity index is 1.89. The Morgan fingerprint density at radius 3 is 2.62 bits per heavy atom. The van der Waals surface area contributed by atoms with Crippen LogP contribution in [0.25, 0.3) is 0 Å². The minimum Gasteiger partial charge on any atom is -0.481 e. The molecule has 1 fully saturated rings. The lowest BCUT2D eigenvalue weighted by Crippen LogP contribution is -2.44. The van der Waals surface area contributed by atoms with Crippen LogP contribution in [0.3, 0.4) is 0 Å². The summed E-state index contributed by atoms with van der Waals surface area (Å²) in [5.41, 5.74) is 0.735. The highest BCUT2D eigenvalue weighted by atomic mass is 16.4. The fourth-order valence-electron chi connectivity index (χ4n) is 3.29. The van der Waals surface area contributed by atoms with Gasteiger partial charge in [0.05, 0.1) is 11.6 Å². The quantitative estimate of drug-likeness (QED) is 0.840. The summed E-state index contributed by atoms with van der Waals surface area (Å²) in [5.74, 6) is -0.611. The van der Waals surface area contributed by atoms with Crippen LogP contribution in [-0.2, 0) is 17.9 Å². The molecule has 0 saturated carbocycles.